The summed E-state index contributed by atoms with van der Waals surface area (Å²) in [5.74, 6) is 0.393. The van der Waals surface area contributed by atoms with E-state index in [4.69, 9.17) is 14.2 Å². The summed E-state index contributed by atoms with van der Waals surface area (Å²) < 4.78 is 16.1. The number of hydrogen-bond acceptors (Lipinski definition) is 6. The van der Waals surface area contributed by atoms with Crippen LogP contribution in [-0.2, 0) is 9.59 Å². The van der Waals surface area contributed by atoms with Crippen molar-refractivity contribution < 1.29 is 23.8 Å². The molecule has 0 aliphatic carbocycles. The number of carbonyl (C=O) groups excluding carboxylic acids is 2. The zero-order valence-corrected chi connectivity index (χ0v) is 16.6. The minimum atomic E-state index is -0.567. The highest BCUT2D eigenvalue weighted by atomic mass is 16.5. The zero-order chi connectivity index (χ0) is 21.3. The van der Waals surface area contributed by atoms with Gasteiger partial charge in [-0.05, 0) is 6.07 Å². The second kappa shape index (κ2) is 7.75. The number of benzene rings is 2. The molecule has 2 N–H and O–H groups in total. The maximum absolute atomic E-state index is 12.5. The first-order valence-electron chi connectivity index (χ1n) is 9.08. The first-order chi connectivity index (χ1) is 14.6. The van der Waals surface area contributed by atoms with Crippen LogP contribution in [0.3, 0.4) is 0 Å². The van der Waals surface area contributed by atoms with Crippen molar-refractivity contribution >= 4 is 34.5 Å². The number of amides is 2. The third kappa shape index (κ3) is 3.18. The van der Waals surface area contributed by atoms with Crippen molar-refractivity contribution in [2.75, 3.05) is 21.3 Å². The summed E-state index contributed by atoms with van der Waals surface area (Å²) in [5, 5.41) is 3.14. The Morgan fingerprint density at radius 3 is 2.30 bits per heavy atom. The van der Waals surface area contributed by atoms with E-state index in [9.17, 15) is 9.59 Å². The van der Waals surface area contributed by atoms with E-state index in [1.54, 1.807) is 18.3 Å². The lowest BCUT2D eigenvalue weighted by Crippen LogP contribution is -2.22. The Kier molecular flexibility index (Phi) is 4.97. The second-order valence-corrected chi connectivity index (χ2v) is 6.46. The topological polar surface area (TPSA) is 102 Å². The Morgan fingerprint density at radius 1 is 0.933 bits per heavy atom. The molecule has 2 heterocycles. The summed E-state index contributed by atoms with van der Waals surface area (Å²) >= 11 is 0. The lowest BCUT2D eigenvalue weighted by Gasteiger charge is -2.12. The highest BCUT2D eigenvalue weighted by Gasteiger charge is 2.32. The third-order valence-electron chi connectivity index (χ3n) is 4.84. The van der Waals surface area contributed by atoms with Gasteiger partial charge in [0.1, 0.15) is 22.9 Å². The van der Waals surface area contributed by atoms with Gasteiger partial charge in [0.2, 0.25) is 0 Å². The summed E-state index contributed by atoms with van der Waals surface area (Å²) in [6.45, 7) is 0. The lowest BCUT2D eigenvalue weighted by atomic mass is 10.0. The van der Waals surface area contributed by atoms with Crippen molar-refractivity contribution in [2.45, 2.75) is 0 Å². The normalized spacial score (nSPS) is 14.0. The summed E-state index contributed by atoms with van der Waals surface area (Å²) in [6.07, 6.45) is 3.14. The largest absolute Gasteiger partial charge is 0.496 e. The summed E-state index contributed by atoms with van der Waals surface area (Å²) in [5.41, 5.74) is 2.20. The van der Waals surface area contributed by atoms with Gasteiger partial charge in [-0.1, -0.05) is 18.2 Å². The fourth-order valence-corrected chi connectivity index (χ4v) is 3.39. The smallest absolute Gasteiger partial charge is 0.277 e. The molecular weight excluding hydrogens is 386 g/mol. The first kappa shape index (κ1) is 19.3. The van der Waals surface area contributed by atoms with E-state index in [0.717, 1.165) is 10.9 Å². The summed E-state index contributed by atoms with van der Waals surface area (Å²) in [7, 11) is 4.55. The number of hydrogen-bond donors (Lipinski definition) is 2. The highest BCUT2D eigenvalue weighted by molar-refractivity contribution is 6.37. The molecule has 2 aromatic carbocycles. The van der Waals surface area contributed by atoms with Gasteiger partial charge < -0.3 is 19.2 Å². The van der Waals surface area contributed by atoms with Gasteiger partial charge in [-0.15, -0.1) is 0 Å². The highest BCUT2D eigenvalue weighted by Crippen LogP contribution is 2.34. The fourth-order valence-electron chi connectivity index (χ4n) is 3.39. The predicted octanol–water partition coefficient (Wildman–Crippen LogP) is 2.68. The van der Waals surface area contributed by atoms with Crippen LogP contribution in [0.15, 0.2) is 53.3 Å². The standard InChI is InChI=1S/C22H19N3O5/c1-28-12-8-17(29-2)15(18(9-12)30-3)11-24-20-19(21(26)25-22(20)27)14-10-23-16-7-5-4-6-13(14)16/h4-11,23H,1-3H3,(H,25,26,27). The van der Waals surface area contributed by atoms with Crippen molar-refractivity contribution in [3.8, 4) is 17.2 Å². The molecule has 0 saturated carbocycles. The van der Waals surface area contributed by atoms with Gasteiger partial charge in [-0.25, -0.2) is 4.99 Å². The molecule has 0 unspecified atom stereocenters. The van der Waals surface area contributed by atoms with Gasteiger partial charge in [0.05, 0.1) is 32.5 Å². The molecule has 0 spiro atoms. The van der Waals surface area contributed by atoms with Crippen LogP contribution >= 0.6 is 0 Å². The molecule has 30 heavy (non-hydrogen) atoms. The van der Waals surface area contributed by atoms with Crippen LogP contribution in [0.5, 0.6) is 17.2 Å². The zero-order valence-electron chi connectivity index (χ0n) is 16.6. The number of fused-ring (bicyclic) bond motifs is 1. The SMILES string of the molecule is COc1cc(OC)c(C=NC2=C(c3c[nH]c4ccccc34)C(=O)NC2=O)c(OC)c1. The number of nitrogens with one attached hydrogen (secondary N) is 2. The van der Waals surface area contributed by atoms with Crippen molar-refractivity contribution in [3.63, 3.8) is 0 Å². The molecule has 0 bridgehead atoms. The molecule has 1 aromatic heterocycles. The molecule has 0 saturated heterocycles. The minimum Gasteiger partial charge on any atom is -0.496 e. The van der Waals surface area contributed by atoms with E-state index >= 15 is 0 Å². The number of para-hydroxylation sites is 1. The molecule has 4 rings (SSSR count). The molecule has 8 heteroatoms. The molecular formula is C22H19N3O5. The molecule has 152 valence electrons. The number of carbonyl (C=O) groups is 2. The predicted molar refractivity (Wildman–Crippen MR) is 112 cm³/mol. The van der Waals surface area contributed by atoms with E-state index < -0.39 is 11.8 Å². The Hall–Kier alpha value is -4.07. The van der Waals surface area contributed by atoms with Gasteiger partial charge in [0.15, 0.2) is 0 Å². The third-order valence-corrected chi connectivity index (χ3v) is 4.84. The second-order valence-electron chi connectivity index (χ2n) is 6.46. The van der Waals surface area contributed by atoms with Crippen molar-refractivity contribution in [2.24, 2.45) is 4.99 Å². The van der Waals surface area contributed by atoms with Gasteiger partial charge in [0, 0.05) is 41.0 Å². The van der Waals surface area contributed by atoms with Gasteiger partial charge in [-0.3, -0.25) is 14.9 Å². The van der Waals surface area contributed by atoms with Gasteiger partial charge >= 0.3 is 0 Å². The van der Waals surface area contributed by atoms with Crippen molar-refractivity contribution in [1.29, 1.82) is 0 Å². The van der Waals surface area contributed by atoms with Crippen LogP contribution in [0.4, 0.5) is 0 Å². The van der Waals surface area contributed by atoms with E-state index in [1.165, 1.54) is 27.5 Å². The summed E-state index contributed by atoms with van der Waals surface area (Å²) in [6, 6.07) is 10.9. The monoisotopic (exact) mass is 405 g/mol. The average molecular weight is 405 g/mol. The van der Waals surface area contributed by atoms with Crippen LogP contribution in [0.1, 0.15) is 11.1 Å². The van der Waals surface area contributed by atoms with Crippen molar-refractivity contribution in [1.82, 2.24) is 10.3 Å². The van der Waals surface area contributed by atoms with Crippen molar-refractivity contribution in [3.05, 3.63) is 59.4 Å². The van der Waals surface area contributed by atoms with Gasteiger partial charge in [-0.2, -0.15) is 0 Å². The number of H-pyrrole nitrogens is 1. The van der Waals surface area contributed by atoms with Crippen LogP contribution in [0, 0.1) is 0 Å². The maximum Gasteiger partial charge on any atom is 0.277 e. The molecule has 1 aliphatic heterocycles. The number of ether oxygens (including phenoxy) is 3. The number of nitrogens with zero attached hydrogens (tertiary/aromatic N) is 1. The van der Waals surface area contributed by atoms with E-state index in [1.807, 2.05) is 24.3 Å². The molecule has 3 aromatic rings. The van der Waals surface area contributed by atoms with Crippen LogP contribution in [0.2, 0.25) is 0 Å². The van der Waals surface area contributed by atoms with Crippen LogP contribution in [0.25, 0.3) is 16.5 Å². The molecule has 8 nitrogen and oxygen atoms in total. The molecule has 0 fully saturated rings. The number of aliphatic imine (C=N–C) groups is 1. The number of imide groups is 1. The molecule has 1 aliphatic rings. The Morgan fingerprint density at radius 2 is 1.63 bits per heavy atom. The minimum absolute atomic E-state index is 0.0182. The average Bonchev–Trinajstić information content (AvgIpc) is 3.31. The fraction of sp³-hybridized carbons (Fsp3) is 0.136. The quantitative estimate of drug-likeness (QED) is 0.485. The van der Waals surface area contributed by atoms with E-state index in [2.05, 4.69) is 15.3 Å². The number of rotatable bonds is 6. The Balaban J connectivity index is 1.85. The summed E-state index contributed by atoms with van der Waals surface area (Å²) in [4.78, 5) is 32.5. The Labute approximate surface area is 172 Å². The number of methoxy groups -OCH3 is 3. The molecule has 0 radical (unpaired) electrons. The van der Waals surface area contributed by atoms with E-state index in [-0.39, 0.29) is 11.3 Å². The van der Waals surface area contributed by atoms with Gasteiger partial charge in [0.25, 0.3) is 11.8 Å². The number of aromatic amines is 1. The first-order valence-corrected chi connectivity index (χ1v) is 9.08. The maximum atomic E-state index is 12.5. The molecule has 0 atom stereocenters. The van der Waals surface area contributed by atoms with E-state index in [0.29, 0.717) is 28.4 Å². The van der Waals surface area contributed by atoms with Crippen LogP contribution < -0.4 is 19.5 Å². The molecule has 2 amide bonds. The van der Waals surface area contributed by atoms with Crippen LogP contribution in [-0.4, -0.2) is 44.3 Å². The lowest BCUT2D eigenvalue weighted by molar-refractivity contribution is -0.123. The Bertz CT molecular complexity index is 1200. The number of aromatic nitrogens is 1.